The van der Waals surface area contributed by atoms with E-state index < -0.39 is 0 Å². The number of carbonyl (C=O) groups excluding carboxylic acids is 1. The van der Waals surface area contributed by atoms with Gasteiger partial charge in [0.15, 0.2) is 0 Å². The maximum atomic E-state index is 12.4. The zero-order valence-electron chi connectivity index (χ0n) is 15.2. The molecule has 134 valence electrons. The molecule has 0 spiro atoms. The van der Waals surface area contributed by atoms with E-state index in [9.17, 15) is 9.59 Å². The molecule has 3 rings (SSSR count). The maximum absolute atomic E-state index is 12.4. The smallest absolute Gasteiger partial charge is 0.251 e. The molecule has 1 N–H and O–H groups in total. The van der Waals surface area contributed by atoms with Crippen molar-refractivity contribution in [2.75, 3.05) is 13.6 Å². The molecule has 0 fully saturated rings. The number of likely N-dealkylation sites (N-methyl/N-ethyl adjacent to an activating group) is 1. The van der Waals surface area contributed by atoms with Crippen molar-refractivity contribution in [2.24, 2.45) is 0 Å². The largest absolute Gasteiger partial charge is 0.345 e. The Morgan fingerprint density at radius 2 is 1.88 bits per heavy atom. The van der Waals surface area contributed by atoms with E-state index in [1.807, 2.05) is 43.3 Å². The summed E-state index contributed by atoms with van der Waals surface area (Å²) in [6.07, 6.45) is 5.07. The summed E-state index contributed by atoms with van der Waals surface area (Å²) in [6.45, 7) is 2.67. The van der Waals surface area contributed by atoms with Gasteiger partial charge in [-0.05, 0) is 61.0 Å². The molecule has 3 aromatic rings. The van der Waals surface area contributed by atoms with Gasteiger partial charge in [-0.2, -0.15) is 0 Å². The molecule has 0 aliphatic heterocycles. The number of nitrogens with one attached hydrogen (secondary N) is 1. The van der Waals surface area contributed by atoms with Crippen LogP contribution in [0.3, 0.4) is 0 Å². The Balaban J connectivity index is 1.61. The van der Waals surface area contributed by atoms with E-state index in [1.165, 1.54) is 0 Å². The zero-order chi connectivity index (χ0) is 18.5. The number of hydrogen-bond acceptors (Lipinski definition) is 3. The second kappa shape index (κ2) is 7.95. The van der Waals surface area contributed by atoms with Gasteiger partial charge in [-0.25, -0.2) is 0 Å². The summed E-state index contributed by atoms with van der Waals surface area (Å²) in [6, 6.07) is 11.7. The highest BCUT2D eigenvalue weighted by Crippen LogP contribution is 2.14. The highest BCUT2D eigenvalue weighted by Gasteiger charge is 2.11. The molecule has 0 atom stereocenters. The van der Waals surface area contributed by atoms with Crippen molar-refractivity contribution < 1.29 is 4.79 Å². The number of rotatable bonds is 6. The quantitative estimate of drug-likeness (QED) is 0.744. The van der Waals surface area contributed by atoms with Gasteiger partial charge in [-0.3, -0.25) is 14.6 Å². The van der Waals surface area contributed by atoms with Crippen LogP contribution in [0.15, 0.2) is 53.6 Å². The number of nitrogens with zero attached hydrogens (tertiary/aromatic N) is 2. The standard InChI is InChI=1S/C21H23N3O2/c1-15-3-5-19-18(13-15)14-17(21(26)23-19)4-6-20(25)24(2)12-9-16-7-10-22-11-8-16/h3,5,7-8,10-11,13-14H,4,6,9,12H2,1-2H3,(H,23,26). The molecular formula is C21H23N3O2. The fraction of sp³-hybridized carbons (Fsp3) is 0.286. The highest BCUT2D eigenvalue weighted by atomic mass is 16.2. The number of aromatic amines is 1. The fourth-order valence-electron chi connectivity index (χ4n) is 2.96. The predicted octanol–water partition coefficient (Wildman–Crippen LogP) is 2.87. The molecule has 0 unspecified atom stereocenters. The van der Waals surface area contributed by atoms with E-state index in [-0.39, 0.29) is 11.5 Å². The number of fused-ring (bicyclic) bond motifs is 1. The summed E-state index contributed by atoms with van der Waals surface area (Å²) in [5.41, 5.74) is 3.65. The first kappa shape index (κ1) is 17.9. The summed E-state index contributed by atoms with van der Waals surface area (Å²) in [4.78, 5) is 33.2. The van der Waals surface area contributed by atoms with Crippen molar-refractivity contribution in [1.82, 2.24) is 14.9 Å². The molecule has 26 heavy (non-hydrogen) atoms. The minimum Gasteiger partial charge on any atom is -0.345 e. The molecule has 0 aliphatic carbocycles. The summed E-state index contributed by atoms with van der Waals surface area (Å²) in [5.74, 6) is 0.0443. The molecule has 2 heterocycles. The fourth-order valence-corrected chi connectivity index (χ4v) is 2.96. The molecule has 2 aromatic heterocycles. The summed E-state index contributed by atoms with van der Waals surface area (Å²) in [7, 11) is 1.80. The Labute approximate surface area is 152 Å². The Morgan fingerprint density at radius 1 is 1.12 bits per heavy atom. The van der Waals surface area contributed by atoms with Crippen molar-refractivity contribution in [3.05, 3.63) is 75.8 Å². The summed E-state index contributed by atoms with van der Waals surface area (Å²) >= 11 is 0. The van der Waals surface area contributed by atoms with Crippen molar-refractivity contribution >= 4 is 16.8 Å². The van der Waals surface area contributed by atoms with Crippen LogP contribution in [0, 0.1) is 6.92 Å². The predicted molar refractivity (Wildman–Crippen MR) is 103 cm³/mol. The molecule has 1 aromatic carbocycles. The zero-order valence-corrected chi connectivity index (χ0v) is 15.2. The van der Waals surface area contributed by atoms with Gasteiger partial charge < -0.3 is 9.88 Å². The van der Waals surface area contributed by atoms with Crippen LogP contribution in [-0.4, -0.2) is 34.4 Å². The van der Waals surface area contributed by atoms with Gasteiger partial charge in [0.25, 0.3) is 5.56 Å². The van der Waals surface area contributed by atoms with Crippen LogP contribution in [0.25, 0.3) is 10.9 Å². The van der Waals surface area contributed by atoms with Gasteiger partial charge in [-0.1, -0.05) is 11.6 Å². The topological polar surface area (TPSA) is 66.1 Å². The molecule has 0 radical (unpaired) electrons. The third kappa shape index (κ3) is 4.36. The first-order valence-electron chi connectivity index (χ1n) is 8.78. The second-order valence-electron chi connectivity index (χ2n) is 6.64. The van der Waals surface area contributed by atoms with Crippen LogP contribution in [0.2, 0.25) is 0 Å². The molecule has 0 saturated heterocycles. The van der Waals surface area contributed by atoms with Gasteiger partial charge in [0.2, 0.25) is 5.91 Å². The third-order valence-electron chi connectivity index (χ3n) is 4.60. The van der Waals surface area contributed by atoms with Gasteiger partial charge >= 0.3 is 0 Å². The van der Waals surface area contributed by atoms with Crippen molar-refractivity contribution in [2.45, 2.75) is 26.2 Å². The number of benzene rings is 1. The highest BCUT2D eigenvalue weighted by molar-refractivity contribution is 5.80. The van der Waals surface area contributed by atoms with Crippen LogP contribution in [0.4, 0.5) is 0 Å². The lowest BCUT2D eigenvalue weighted by atomic mass is 10.1. The molecule has 0 aliphatic rings. The van der Waals surface area contributed by atoms with Crippen molar-refractivity contribution in [3.63, 3.8) is 0 Å². The first-order chi connectivity index (χ1) is 12.5. The lowest BCUT2D eigenvalue weighted by Gasteiger charge is -2.17. The Kier molecular flexibility index (Phi) is 5.46. The lowest BCUT2D eigenvalue weighted by molar-refractivity contribution is -0.129. The minimum absolute atomic E-state index is 0.0443. The van der Waals surface area contributed by atoms with Gasteiger partial charge in [0, 0.05) is 43.5 Å². The van der Waals surface area contributed by atoms with E-state index in [0.717, 1.165) is 28.5 Å². The van der Waals surface area contributed by atoms with Crippen LogP contribution >= 0.6 is 0 Å². The van der Waals surface area contributed by atoms with E-state index in [2.05, 4.69) is 9.97 Å². The number of carbonyl (C=O) groups is 1. The molecular weight excluding hydrogens is 326 g/mol. The Hall–Kier alpha value is -2.95. The molecule has 1 amide bonds. The number of hydrogen-bond donors (Lipinski definition) is 1. The molecule has 5 heteroatoms. The number of pyridine rings is 2. The third-order valence-corrected chi connectivity index (χ3v) is 4.60. The molecule has 5 nitrogen and oxygen atoms in total. The Morgan fingerprint density at radius 3 is 2.65 bits per heavy atom. The monoisotopic (exact) mass is 349 g/mol. The number of amides is 1. The van der Waals surface area contributed by atoms with Gasteiger partial charge in [0.1, 0.15) is 0 Å². The van der Waals surface area contributed by atoms with Crippen LogP contribution in [0.1, 0.15) is 23.1 Å². The number of aryl methyl sites for hydroxylation is 2. The number of H-pyrrole nitrogens is 1. The van der Waals surface area contributed by atoms with Crippen LogP contribution in [-0.2, 0) is 17.6 Å². The van der Waals surface area contributed by atoms with E-state index in [1.54, 1.807) is 24.3 Å². The average Bonchev–Trinajstić information content (AvgIpc) is 2.65. The normalized spacial score (nSPS) is 10.8. The van der Waals surface area contributed by atoms with Crippen molar-refractivity contribution in [3.8, 4) is 0 Å². The summed E-state index contributed by atoms with van der Waals surface area (Å²) < 4.78 is 0. The average molecular weight is 349 g/mol. The summed E-state index contributed by atoms with van der Waals surface area (Å²) in [5, 5.41) is 0.998. The van der Waals surface area contributed by atoms with E-state index in [4.69, 9.17) is 0 Å². The minimum atomic E-state index is -0.117. The van der Waals surface area contributed by atoms with Crippen molar-refractivity contribution in [1.29, 1.82) is 0 Å². The van der Waals surface area contributed by atoms with Crippen LogP contribution in [0.5, 0.6) is 0 Å². The SMILES string of the molecule is Cc1ccc2[nH]c(=O)c(CCC(=O)N(C)CCc3ccncc3)cc2c1. The maximum Gasteiger partial charge on any atom is 0.251 e. The van der Waals surface area contributed by atoms with E-state index >= 15 is 0 Å². The molecule has 0 bridgehead atoms. The second-order valence-corrected chi connectivity index (χ2v) is 6.64. The van der Waals surface area contributed by atoms with Gasteiger partial charge in [0.05, 0.1) is 0 Å². The molecule has 0 saturated carbocycles. The van der Waals surface area contributed by atoms with Gasteiger partial charge in [-0.15, -0.1) is 0 Å². The van der Waals surface area contributed by atoms with E-state index in [0.29, 0.717) is 24.9 Å². The van der Waals surface area contributed by atoms with Crippen LogP contribution < -0.4 is 5.56 Å². The first-order valence-corrected chi connectivity index (χ1v) is 8.78. The lowest BCUT2D eigenvalue weighted by Crippen LogP contribution is -2.29. The Bertz CT molecular complexity index is 964. The number of aromatic nitrogens is 2.